The van der Waals surface area contributed by atoms with Gasteiger partial charge < -0.3 is 5.11 Å². The molecule has 3 aliphatic rings. The average Bonchev–Trinajstić information content (AvgIpc) is 3.63. The molecule has 1 aliphatic heterocycles. The Labute approximate surface area is 225 Å². The maximum Gasteiger partial charge on any atom is 0.231 e. The van der Waals surface area contributed by atoms with Gasteiger partial charge in [0.25, 0.3) is 0 Å². The summed E-state index contributed by atoms with van der Waals surface area (Å²) >= 11 is 0. The predicted molar refractivity (Wildman–Crippen MR) is 146 cm³/mol. The third kappa shape index (κ3) is 3.45. The molecule has 1 saturated heterocycles. The molecule has 4 aromatic rings. The van der Waals surface area contributed by atoms with Crippen molar-refractivity contribution in [3.63, 3.8) is 0 Å². The first-order valence-electron chi connectivity index (χ1n) is 13.1. The molecule has 190 valence electrons. The van der Waals surface area contributed by atoms with Crippen molar-refractivity contribution < 1.29 is 14.7 Å². The molecule has 5 unspecified atom stereocenters. The zero-order valence-corrected chi connectivity index (χ0v) is 20.9. The fourth-order valence-corrected chi connectivity index (χ4v) is 6.77. The lowest BCUT2D eigenvalue weighted by atomic mass is 9.71. The summed E-state index contributed by atoms with van der Waals surface area (Å²) in [5.41, 5.74) is 3.74. The Morgan fingerprint density at radius 1 is 0.744 bits per heavy atom. The second-order valence-corrected chi connectivity index (χ2v) is 10.2. The number of fused-ring (bicyclic) bond motifs is 5. The molecule has 6 heteroatoms. The van der Waals surface area contributed by atoms with Crippen LogP contribution in [0.15, 0.2) is 127 Å². The van der Waals surface area contributed by atoms with Crippen LogP contribution in [0.4, 0.5) is 0 Å². The van der Waals surface area contributed by atoms with Crippen molar-refractivity contribution in [2.45, 2.75) is 5.60 Å². The third-order valence-corrected chi connectivity index (χ3v) is 8.29. The number of carbonyl (C=O) groups is 2. The van der Waals surface area contributed by atoms with Crippen LogP contribution in [0, 0.1) is 23.7 Å². The van der Waals surface area contributed by atoms with Gasteiger partial charge >= 0.3 is 0 Å². The number of aliphatic hydroxyl groups is 1. The van der Waals surface area contributed by atoms with Gasteiger partial charge in [-0.25, -0.2) is 0 Å². The topological polar surface area (TPSA) is 92.2 Å². The number of carbonyl (C=O) groups excluding carboxylic acids is 2. The van der Waals surface area contributed by atoms with Crippen LogP contribution in [0.1, 0.15) is 22.5 Å². The second-order valence-electron chi connectivity index (χ2n) is 10.2. The summed E-state index contributed by atoms with van der Waals surface area (Å²) in [7, 11) is 0. The number of rotatable bonds is 5. The molecule has 2 N–H and O–H groups in total. The Balaban J connectivity index is 1.53. The molecule has 0 spiro atoms. The van der Waals surface area contributed by atoms with Gasteiger partial charge in [0.2, 0.25) is 11.8 Å². The Morgan fingerprint density at radius 3 is 2.05 bits per heavy atom. The van der Waals surface area contributed by atoms with E-state index < -0.39 is 23.4 Å². The molecule has 1 saturated carbocycles. The van der Waals surface area contributed by atoms with Crippen molar-refractivity contribution in [3.8, 4) is 0 Å². The number of benzene rings is 2. The second kappa shape index (κ2) is 8.96. The SMILES string of the molecule is O=C1NC(=O)C2C3C(C(O)(c4ccccc4)c4ccccn4)=CC(/C3=C(\c3ccccc3)c3ccccn3)C12. The van der Waals surface area contributed by atoms with E-state index in [0.29, 0.717) is 16.8 Å². The average molecular weight is 512 g/mol. The minimum atomic E-state index is -1.60. The van der Waals surface area contributed by atoms with Gasteiger partial charge in [-0.3, -0.25) is 24.9 Å². The molecule has 7 rings (SSSR count). The number of allylic oxidation sites excluding steroid dienone is 2. The van der Waals surface area contributed by atoms with Gasteiger partial charge in [0.05, 0.1) is 23.2 Å². The van der Waals surface area contributed by atoms with Crippen LogP contribution in [-0.4, -0.2) is 26.9 Å². The smallest absolute Gasteiger partial charge is 0.231 e. The fourth-order valence-electron chi connectivity index (χ4n) is 6.77. The molecule has 2 aliphatic carbocycles. The largest absolute Gasteiger partial charge is 0.375 e. The van der Waals surface area contributed by atoms with Crippen molar-refractivity contribution in [3.05, 3.63) is 149 Å². The normalized spacial score (nSPS) is 26.0. The van der Waals surface area contributed by atoms with Gasteiger partial charge in [0.15, 0.2) is 5.60 Å². The molecule has 2 aromatic carbocycles. The Morgan fingerprint density at radius 2 is 1.38 bits per heavy atom. The van der Waals surface area contributed by atoms with Gasteiger partial charge in [-0.2, -0.15) is 0 Å². The van der Waals surface area contributed by atoms with Crippen LogP contribution < -0.4 is 5.32 Å². The molecule has 2 amide bonds. The summed E-state index contributed by atoms with van der Waals surface area (Å²) in [5, 5.41) is 15.3. The predicted octanol–water partition coefficient (Wildman–Crippen LogP) is 4.29. The van der Waals surface area contributed by atoms with Crippen molar-refractivity contribution in [2.24, 2.45) is 23.7 Å². The molecular weight excluding hydrogens is 486 g/mol. The number of nitrogens with one attached hydrogen (secondary N) is 1. The summed E-state index contributed by atoms with van der Waals surface area (Å²) in [6.45, 7) is 0. The maximum atomic E-state index is 13.3. The van der Waals surface area contributed by atoms with Crippen LogP contribution in [0.5, 0.6) is 0 Å². The van der Waals surface area contributed by atoms with Crippen molar-refractivity contribution in [1.29, 1.82) is 0 Å². The number of hydrogen-bond donors (Lipinski definition) is 2. The highest BCUT2D eigenvalue weighted by atomic mass is 16.3. The number of pyridine rings is 2. The molecule has 2 bridgehead atoms. The first kappa shape index (κ1) is 23.4. The minimum absolute atomic E-state index is 0.264. The van der Waals surface area contributed by atoms with E-state index in [1.165, 1.54) is 0 Å². The lowest BCUT2D eigenvalue weighted by Gasteiger charge is -2.36. The summed E-state index contributed by atoms with van der Waals surface area (Å²) in [5.74, 6) is -2.62. The monoisotopic (exact) mass is 511 g/mol. The first-order valence-corrected chi connectivity index (χ1v) is 13.1. The minimum Gasteiger partial charge on any atom is -0.375 e. The van der Waals surface area contributed by atoms with Crippen molar-refractivity contribution in [1.82, 2.24) is 15.3 Å². The zero-order chi connectivity index (χ0) is 26.6. The highest BCUT2D eigenvalue weighted by Crippen LogP contribution is 2.63. The quantitative estimate of drug-likeness (QED) is 0.308. The number of imide groups is 1. The van der Waals surface area contributed by atoms with E-state index in [9.17, 15) is 14.7 Å². The Hall–Kier alpha value is -4.68. The molecule has 39 heavy (non-hydrogen) atoms. The number of aromatic nitrogens is 2. The fraction of sp³-hybridized carbons (Fsp3) is 0.152. The molecule has 6 nitrogen and oxygen atoms in total. The van der Waals surface area contributed by atoms with Gasteiger partial charge in [-0.05, 0) is 46.5 Å². The highest BCUT2D eigenvalue weighted by Gasteiger charge is 2.64. The molecule has 3 heterocycles. The number of nitrogens with zero attached hydrogens (tertiary/aromatic N) is 2. The standard InChI is InChI=1S/C33H25N3O3/c37-31-28-22-19-23(33(39,21-13-5-2-6-14-21)25-16-8-10-18-35-25)29(30(28)32(38)36-31)27(22)26(20-11-3-1-4-12-20)24-15-7-9-17-34-24/h1-19,22,28-30,39H,(H,36,37,38)/b27-26-. The third-order valence-electron chi connectivity index (χ3n) is 8.29. The van der Waals surface area contributed by atoms with Crippen LogP contribution in [0.3, 0.4) is 0 Å². The van der Waals surface area contributed by atoms with Crippen molar-refractivity contribution in [2.75, 3.05) is 0 Å². The molecule has 0 radical (unpaired) electrons. The van der Waals surface area contributed by atoms with E-state index >= 15 is 0 Å². The number of amides is 2. The van der Waals surface area contributed by atoms with E-state index in [0.717, 1.165) is 22.4 Å². The van der Waals surface area contributed by atoms with E-state index in [4.69, 9.17) is 4.98 Å². The summed E-state index contributed by atoms with van der Waals surface area (Å²) in [6, 6.07) is 30.6. The van der Waals surface area contributed by atoms with E-state index in [2.05, 4.69) is 10.3 Å². The van der Waals surface area contributed by atoms with Gasteiger partial charge in [0, 0.05) is 29.8 Å². The van der Waals surface area contributed by atoms with Gasteiger partial charge in [-0.1, -0.05) is 78.9 Å². The maximum absolute atomic E-state index is 13.3. The first-order chi connectivity index (χ1) is 19.1. The molecule has 2 fully saturated rings. The lowest BCUT2D eigenvalue weighted by Crippen LogP contribution is -2.38. The van der Waals surface area contributed by atoms with E-state index in [1.807, 2.05) is 97.1 Å². The van der Waals surface area contributed by atoms with Crippen LogP contribution >= 0.6 is 0 Å². The van der Waals surface area contributed by atoms with E-state index in [-0.39, 0.29) is 17.7 Å². The molecular formula is C33H25N3O3. The number of hydrogen-bond acceptors (Lipinski definition) is 5. The van der Waals surface area contributed by atoms with Crippen LogP contribution in [0.2, 0.25) is 0 Å². The van der Waals surface area contributed by atoms with Gasteiger partial charge in [0.1, 0.15) is 0 Å². The molecule has 2 aromatic heterocycles. The van der Waals surface area contributed by atoms with Crippen LogP contribution in [-0.2, 0) is 15.2 Å². The summed E-state index contributed by atoms with van der Waals surface area (Å²) in [4.78, 5) is 35.7. The van der Waals surface area contributed by atoms with Crippen molar-refractivity contribution >= 4 is 17.4 Å². The molecule has 5 atom stereocenters. The zero-order valence-electron chi connectivity index (χ0n) is 20.9. The van der Waals surface area contributed by atoms with Crippen LogP contribution in [0.25, 0.3) is 5.57 Å². The summed E-state index contributed by atoms with van der Waals surface area (Å²) < 4.78 is 0. The Bertz CT molecular complexity index is 1550. The summed E-state index contributed by atoms with van der Waals surface area (Å²) in [6.07, 6.45) is 5.41. The lowest BCUT2D eigenvalue weighted by molar-refractivity contribution is -0.126. The Kier molecular flexibility index (Phi) is 5.39. The highest BCUT2D eigenvalue weighted by molar-refractivity contribution is 6.08. The van der Waals surface area contributed by atoms with E-state index in [1.54, 1.807) is 18.5 Å². The van der Waals surface area contributed by atoms with Gasteiger partial charge in [-0.15, -0.1) is 0 Å².